The van der Waals surface area contributed by atoms with E-state index in [9.17, 15) is 4.79 Å². The summed E-state index contributed by atoms with van der Waals surface area (Å²) in [5, 5.41) is 6.09. The van der Waals surface area contributed by atoms with E-state index < -0.39 is 5.60 Å². The van der Waals surface area contributed by atoms with E-state index in [0.717, 1.165) is 6.54 Å². The second-order valence-corrected chi connectivity index (χ2v) is 5.43. The molecule has 0 heterocycles. The third-order valence-corrected chi connectivity index (χ3v) is 2.28. The van der Waals surface area contributed by atoms with Crippen LogP contribution in [0.15, 0.2) is 0 Å². The van der Waals surface area contributed by atoms with Gasteiger partial charge in [-0.1, -0.05) is 19.8 Å². The lowest BCUT2D eigenvalue weighted by Gasteiger charge is -2.20. The van der Waals surface area contributed by atoms with Gasteiger partial charge in [0.2, 0.25) is 0 Å². The van der Waals surface area contributed by atoms with Gasteiger partial charge in [-0.3, -0.25) is 0 Å². The number of alkyl carbamates (subject to hydrolysis) is 1. The first-order chi connectivity index (χ1) is 7.85. The van der Waals surface area contributed by atoms with Crippen molar-refractivity contribution in [3.8, 4) is 0 Å². The molecule has 0 saturated heterocycles. The van der Waals surface area contributed by atoms with Crippen molar-refractivity contribution in [3.05, 3.63) is 0 Å². The summed E-state index contributed by atoms with van der Waals surface area (Å²) in [5.41, 5.74) is -0.425. The molecule has 4 nitrogen and oxygen atoms in total. The number of carbonyl (C=O) groups excluding carboxylic acids is 1. The van der Waals surface area contributed by atoms with E-state index in [1.165, 1.54) is 19.3 Å². The van der Waals surface area contributed by atoms with Gasteiger partial charge in [-0.05, 0) is 34.1 Å². The molecule has 1 unspecified atom stereocenters. The minimum atomic E-state index is -0.425. The highest BCUT2D eigenvalue weighted by Gasteiger charge is 2.15. The van der Waals surface area contributed by atoms with Crippen LogP contribution in [0.5, 0.6) is 0 Å². The molecule has 0 saturated carbocycles. The van der Waals surface area contributed by atoms with Gasteiger partial charge < -0.3 is 15.4 Å². The molecule has 0 fully saturated rings. The quantitative estimate of drug-likeness (QED) is 0.677. The predicted molar refractivity (Wildman–Crippen MR) is 71.2 cm³/mol. The van der Waals surface area contributed by atoms with Crippen LogP contribution < -0.4 is 10.6 Å². The molecule has 0 aliphatic carbocycles. The van der Waals surface area contributed by atoms with Gasteiger partial charge in [-0.25, -0.2) is 4.79 Å². The Morgan fingerprint density at radius 3 is 2.47 bits per heavy atom. The van der Waals surface area contributed by atoms with Crippen molar-refractivity contribution in [3.63, 3.8) is 0 Å². The van der Waals surface area contributed by atoms with E-state index in [-0.39, 0.29) is 6.09 Å². The van der Waals surface area contributed by atoms with Crippen molar-refractivity contribution >= 4 is 6.09 Å². The van der Waals surface area contributed by atoms with E-state index >= 15 is 0 Å². The molecule has 0 aromatic heterocycles. The molecule has 0 aromatic carbocycles. The number of hydrogen-bond donors (Lipinski definition) is 2. The highest BCUT2D eigenvalue weighted by Crippen LogP contribution is 2.06. The standard InChI is InChI=1S/C13H28N2O2/c1-6-7-8-11(2)14-9-10-15-12(16)17-13(3,4)5/h11,14H,6-10H2,1-5H3,(H,15,16). The van der Waals surface area contributed by atoms with Crippen molar-refractivity contribution in [2.75, 3.05) is 13.1 Å². The highest BCUT2D eigenvalue weighted by atomic mass is 16.6. The third-order valence-electron chi connectivity index (χ3n) is 2.28. The number of rotatable bonds is 7. The summed E-state index contributed by atoms with van der Waals surface area (Å²) in [6, 6.07) is 0.510. The van der Waals surface area contributed by atoms with Crippen molar-refractivity contribution < 1.29 is 9.53 Å². The minimum absolute atomic E-state index is 0.347. The van der Waals surface area contributed by atoms with E-state index in [4.69, 9.17) is 4.74 Å². The van der Waals surface area contributed by atoms with E-state index in [2.05, 4.69) is 24.5 Å². The number of ether oxygens (including phenoxy) is 1. The fourth-order valence-electron chi connectivity index (χ4n) is 1.41. The van der Waals surface area contributed by atoms with Gasteiger partial charge in [0, 0.05) is 19.1 Å². The zero-order valence-corrected chi connectivity index (χ0v) is 11.9. The Labute approximate surface area is 105 Å². The zero-order chi connectivity index (χ0) is 13.3. The predicted octanol–water partition coefficient (Wildman–Crippen LogP) is 2.68. The number of carbonyl (C=O) groups is 1. The molecule has 0 bridgehead atoms. The Kier molecular flexibility index (Phi) is 7.96. The largest absolute Gasteiger partial charge is 0.444 e. The molecule has 0 rings (SSSR count). The van der Waals surface area contributed by atoms with Crippen molar-refractivity contribution in [1.29, 1.82) is 0 Å². The lowest BCUT2D eigenvalue weighted by Crippen LogP contribution is -2.38. The number of nitrogens with one attached hydrogen (secondary N) is 2. The first-order valence-corrected chi connectivity index (χ1v) is 6.55. The lowest BCUT2D eigenvalue weighted by molar-refractivity contribution is 0.0528. The Morgan fingerprint density at radius 1 is 1.29 bits per heavy atom. The van der Waals surface area contributed by atoms with Crippen LogP contribution in [0.4, 0.5) is 4.79 Å². The van der Waals surface area contributed by atoms with Crippen LogP contribution in [0.2, 0.25) is 0 Å². The summed E-state index contributed by atoms with van der Waals surface area (Å²) < 4.78 is 5.13. The van der Waals surface area contributed by atoms with Crippen molar-refractivity contribution in [1.82, 2.24) is 10.6 Å². The molecular formula is C13H28N2O2. The van der Waals surface area contributed by atoms with Gasteiger partial charge in [0.05, 0.1) is 0 Å². The van der Waals surface area contributed by atoms with Gasteiger partial charge in [0.25, 0.3) is 0 Å². The Morgan fingerprint density at radius 2 is 1.94 bits per heavy atom. The maximum Gasteiger partial charge on any atom is 0.407 e. The molecular weight excluding hydrogens is 216 g/mol. The second-order valence-electron chi connectivity index (χ2n) is 5.43. The smallest absolute Gasteiger partial charge is 0.407 e. The summed E-state index contributed by atoms with van der Waals surface area (Å²) >= 11 is 0. The minimum Gasteiger partial charge on any atom is -0.444 e. The molecule has 0 aliphatic rings. The molecule has 1 atom stereocenters. The number of hydrogen-bond acceptors (Lipinski definition) is 3. The van der Waals surface area contributed by atoms with Gasteiger partial charge in [-0.15, -0.1) is 0 Å². The Balaban J connectivity index is 3.48. The molecule has 0 spiro atoms. The molecule has 4 heteroatoms. The van der Waals surface area contributed by atoms with E-state index in [1.54, 1.807) is 0 Å². The summed E-state index contributed by atoms with van der Waals surface area (Å²) in [5.74, 6) is 0. The molecule has 1 amide bonds. The van der Waals surface area contributed by atoms with Crippen LogP contribution in [-0.2, 0) is 4.74 Å². The maximum atomic E-state index is 11.3. The van der Waals surface area contributed by atoms with Crippen LogP contribution in [0.3, 0.4) is 0 Å². The molecule has 2 N–H and O–H groups in total. The average molecular weight is 244 g/mol. The monoisotopic (exact) mass is 244 g/mol. The number of unbranched alkanes of at least 4 members (excludes halogenated alkanes) is 1. The van der Waals surface area contributed by atoms with Crippen LogP contribution >= 0.6 is 0 Å². The topological polar surface area (TPSA) is 50.4 Å². The van der Waals surface area contributed by atoms with Crippen molar-refractivity contribution in [2.24, 2.45) is 0 Å². The fourth-order valence-corrected chi connectivity index (χ4v) is 1.41. The van der Waals surface area contributed by atoms with Gasteiger partial charge >= 0.3 is 6.09 Å². The van der Waals surface area contributed by atoms with Crippen LogP contribution in [0.1, 0.15) is 53.9 Å². The van der Waals surface area contributed by atoms with Gasteiger partial charge in [-0.2, -0.15) is 0 Å². The SMILES string of the molecule is CCCCC(C)NCCNC(=O)OC(C)(C)C. The molecule has 0 aliphatic heterocycles. The fraction of sp³-hybridized carbons (Fsp3) is 0.923. The number of amides is 1. The molecule has 0 aromatic rings. The third kappa shape index (κ3) is 11.5. The highest BCUT2D eigenvalue weighted by molar-refractivity contribution is 5.67. The van der Waals surface area contributed by atoms with E-state index in [1.807, 2.05) is 20.8 Å². The van der Waals surface area contributed by atoms with Crippen LogP contribution in [-0.4, -0.2) is 30.8 Å². The maximum absolute atomic E-state index is 11.3. The summed E-state index contributed by atoms with van der Waals surface area (Å²) in [6.45, 7) is 11.3. The summed E-state index contributed by atoms with van der Waals surface area (Å²) in [6.07, 6.45) is 3.30. The van der Waals surface area contributed by atoms with Crippen LogP contribution in [0.25, 0.3) is 0 Å². The summed E-state index contributed by atoms with van der Waals surface area (Å²) in [4.78, 5) is 11.3. The molecule has 17 heavy (non-hydrogen) atoms. The zero-order valence-electron chi connectivity index (χ0n) is 11.9. The first kappa shape index (κ1) is 16.2. The van der Waals surface area contributed by atoms with Gasteiger partial charge in [0.15, 0.2) is 0 Å². The van der Waals surface area contributed by atoms with Gasteiger partial charge in [0.1, 0.15) is 5.60 Å². The Bertz CT molecular complexity index is 212. The average Bonchev–Trinajstić information content (AvgIpc) is 2.19. The van der Waals surface area contributed by atoms with Crippen molar-refractivity contribution in [2.45, 2.75) is 65.5 Å². The lowest BCUT2D eigenvalue weighted by atomic mass is 10.1. The first-order valence-electron chi connectivity index (χ1n) is 6.55. The van der Waals surface area contributed by atoms with E-state index in [0.29, 0.717) is 12.6 Å². The second kappa shape index (κ2) is 8.34. The normalized spacial score (nSPS) is 13.2. The molecule has 0 radical (unpaired) electrons. The molecule has 102 valence electrons. The van der Waals surface area contributed by atoms with Crippen LogP contribution in [0, 0.1) is 0 Å². The summed E-state index contributed by atoms with van der Waals surface area (Å²) in [7, 11) is 0. The Hall–Kier alpha value is -0.770.